The zero-order valence-corrected chi connectivity index (χ0v) is 11.6. The van der Waals surface area contributed by atoms with Gasteiger partial charge in [-0.05, 0) is 19.9 Å². The molecular formula is C13H15ClN2O3. The quantitative estimate of drug-likeness (QED) is 0.856. The summed E-state index contributed by atoms with van der Waals surface area (Å²) in [5.74, 6) is 1.71. The van der Waals surface area contributed by atoms with Crippen molar-refractivity contribution in [1.29, 1.82) is 0 Å². The summed E-state index contributed by atoms with van der Waals surface area (Å²) in [6, 6.07) is 3.35. The fraction of sp³-hybridized carbons (Fsp3) is 0.385. The minimum atomic E-state index is -0.232. The lowest BCUT2D eigenvalue weighted by Crippen LogP contribution is -2.11. The van der Waals surface area contributed by atoms with Gasteiger partial charge in [0.05, 0.1) is 30.0 Å². The van der Waals surface area contributed by atoms with Crippen LogP contribution >= 0.6 is 11.6 Å². The molecule has 1 aromatic heterocycles. The fourth-order valence-electron chi connectivity index (χ4n) is 1.80. The van der Waals surface area contributed by atoms with E-state index in [0.29, 0.717) is 41.4 Å². The van der Waals surface area contributed by atoms with Gasteiger partial charge in [-0.1, -0.05) is 0 Å². The van der Waals surface area contributed by atoms with Gasteiger partial charge in [0.25, 0.3) is 5.56 Å². The molecule has 0 aliphatic carbocycles. The first-order valence-electron chi connectivity index (χ1n) is 6.08. The Kier molecular flexibility index (Phi) is 4.27. The van der Waals surface area contributed by atoms with Gasteiger partial charge in [-0.15, -0.1) is 11.6 Å². The minimum absolute atomic E-state index is 0.155. The smallest absolute Gasteiger partial charge is 0.258 e. The van der Waals surface area contributed by atoms with Crippen molar-refractivity contribution in [1.82, 2.24) is 9.97 Å². The number of benzene rings is 1. The molecule has 0 saturated heterocycles. The first-order valence-corrected chi connectivity index (χ1v) is 6.61. The Labute approximate surface area is 115 Å². The van der Waals surface area contributed by atoms with E-state index >= 15 is 0 Å². The van der Waals surface area contributed by atoms with Crippen molar-refractivity contribution in [2.75, 3.05) is 13.2 Å². The molecule has 2 rings (SSSR count). The normalized spacial score (nSPS) is 10.7. The van der Waals surface area contributed by atoms with Crippen molar-refractivity contribution < 1.29 is 9.47 Å². The van der Waals surface area contributed by atoms with Crippen LogP contribution in [0.25, 0.3) is 10.9 Å². The third-order valence-electron chi connectivity index (χ3n) is 2.55. The maximum Gasteiger partial charge on any atom is 0.258 e. The van der Waals surface area contributed by atoms with E-state index in [4.69, 9.17) is 21.1 Å². The molecule has 102 valence electrons. The molecule has 0 spiro atoms. The lowest BCUT2D eigenvalue weighted by atomic mass is 10.2. The van der Waals surface area contributed by atoms with E-state index in [1.807, 2.05) is 13.8 Å². The lowest BCUT2D eigenvalue weighted by molar-refractivity contribution is 0.288. The Bertz CT molecular complexity index is 640. The highest BCUT2D eigenvalue weighted by atomic mass is 35.5. The SMILES string of the molecule is CCOc1cc2nc(CCl)[nH]c(=O)c2cc1OCC. The number of aromatic nitrogens is 2. The van der Waals surface area contributed by atoms with Crippen molar-refractivity contribution >= 4 is 22.5 Å². The molecule has 0 atom stereocenters. The predicted octanol–water partition coefficient (Wildman–Crippen LogP) is 2.46. The van der Waals surface area contributed by atoms with E-state index in [-0.39, 0.29) is 11.4 Å². The highest BCUT2D eigenvalue weighted by Crippen LogP contribution is 2.30. The molecule has 1 heterocycles. The van der Waals surface area contributed by atoms with Gasteiger partial charge >= 0.3 is 0 Å². The Balaban J connectivity index is 2.65. The molecule has 0 fully saturated rings. The zero-order chi connectivity index (χ0) is 13.8. The Hall–Kier alpha value is -1.75. The van der Waals surface area contributed by atoms with Gasteiger partial charge < -0.3 is 14.5 Å². The molecule has 0 amide bonds. The summed E-state index contributed by atoms with van der Waals surface area (Å²) in [7, 11) is 0. The molecule has 6 heteroatoms. The second-order valence-corrected chi connectivity index (χ2v) is 4.10. The van der Waals surface area contributed by atoms with Crippen LogP contribution in [0.3, 0.4) is 0 Å². The van der Waals surface area contributed by atoms with Crippen LogP contribution in [0.5, 0.6) is 11.5 Å². The number of hydrogen-bond acceptors (Lipinski definition) is 4. The maximum atomic E-state index is 11.9. The number of ether oxygens (including phenoxy) is 2. The van der Waals surface area contributed by atoms with Crippen molar-refractivity contribution in [3.63, 3.8) is 0 Å². The molecule has 5 nitrogen and oxygen atoms in total. The average molecular weight is 283 g/mol. The largest absolute Gasteiger partial charge is 0.490 e. The maximum absolute atomic E-state index is 11.9. The van der Waals surface area contributed by atoms with Crippen molar-refractivity contribution in [2.45, 2.75) is 19.7 Å². The summed E-state index contributed by atoms with van der Waals surface area (Å²) in [6.45, 7) is 4.77. The zero-order valence-electron chi connectivity index (χ0n) is 10.8. The van der Waals surface area contributed by atoms with Gasteiger partial charge in [0.1, 0.15) is 5.82 Å². The highest BCUT2D eigenvalue weighted by Gasteiger charge is 2.11. The first kappa shape index (κ1) is 13.7. The number of halogens is 1. The van der Waals surface area contributed by atoms with Crippen LogP contribution in [0, 0.1) is 0 Å². The standard InChI is InChI=1S/C13H15ClN2O3/c1-3-18-10-5-8-9(6-11(10)19-4-2)15-12(7-14)16-13(8)17/h5-6H,3-4,7H2,1-2H3,(H,15,16,17). The molecule has 1 aromatic carbocycles. The van der Waals surface area contributed by atoms with Crippen molar-refractivity contribution in [2.24, 2.45) is 0 Å². The lowest BCUT2D eigenvalue weighted by Gasteiger charge is -2.11. The van der Waals surface area contributed by atoms with Crippen LogP contribution in [-0.2, 0) is 5.88 Å². The minimum Gasteiger partial charge on any atom is -0.490 e. The van der Waals surface area contributed by atoms with Gasteiger partial charge in [0.2, 0.25) is 0 Å². The monoisotopic (exact) mass is 282 g/mol. The van der Waals surface area contributed by atoms with Gasteiger partial charge in [-0.2, -0.15) is 0 Å². The summed E-state index contributed by atoms with van der Waals surface area (Å²) in [5.41, 5.74) is 0.316. The van der Waals surface area contributed by atoms with Crippen LogP contribution < -0.4 is 15.0 Å². The molecule has 0 saturated carbocycles. The number of hydrogen-bond donors (Lipinski definition) is 1. The summed E-state index contributed by atoms with van der Waals surface area (Å²) in [4.78, 5) is 18.8. The van der Waals surface area contributed by atoms with Crippen LogP contribution in [0.2, 0.25) is 0 Å². The number of nitrogens with one attached hydrogen (secondary N) is 1. The highest BCUT2D eigenvalue weighted by molar-refractivity contribution is 6.16. The first-order chi connectivity index (χ1) is 9.19. The Morgan fingerprint density at radius 3 is 2.42 bits per heavy atom. The van der Waals surface area contributed by atoms with E-state index in [2.05, 4.69) is 9.97 Å². The van der Waals surface area contributed by atoms with Crippen LogP contribution in [-0.4, -0.2) is 23.2 Å². The number of fused-ring (bicyclic) bond motifs is 1. The predicted molar refractivity (Wildman–Crippen MR) is 74.3 cm³/mol. The van der Waals surface area contributed by atoms with E-state index in [1.54, 1.807) is 12.1 Å². The van der Waals surface area contributed by atoms with E-state index in [0.717, 1.165) is 0 Å². The number of H-pyrrole nitrogens is 1. The Morgan fingerprint density at radius 1 is 1.21 bits per heavy atom. The second-order valence-electron chi connectivity index (χ2n) is 3.83. The van der Waals surface area contributed by atoms with E-state index in [9.17, 15) is 4.79 Å². The molecule has 2 aromatic rings. The molecular weight excluding hydrogens is 268 g/mol. The molecule has 0 aliphatic heterocycles. The summed E-state index contributed by atoms with van der Waals surface area (Å²) in [6.07, 6.45) is 0. The van der Waals surface area contributed by atoms with Crippen LogP contribution in [0.1, 0.15) is 19.7 Å². The topological polar surface area (TPSA) is 64.2 Å². The molecule has 0 aliphatic rings. The summed E-state index contributed by atoms with van der Waals surface area (Å²) in [5, 5.41) is 0.459. The van der Waals surface area contributed by atoms with E-state index < -0.39 is 0 Å². The van der Waals surface area contributed by atoms with Crippen molar-refractivity contribution in [3.8, 4) is 11.5 Å². The van der Waals surface area contributed by atoms with Gasteiger partial charge in [0, 0.05) is 6.07 Å². The van der Waals surface area contributed by atoms with Gasteiger partial charge in [0.15, 0.2) is 11.5 Å². The van der Waals surface area contributed by atoms with Gasteiger partial charge in [-0.25, -0.2) is 4.98 Å². The number of nitrogens with zero attached hydrogens (tertiary/aromatic N) is 1. The van der Waals surface area contributed by atoms with Gasteiger partial charge in [-0.3, -0.25) is 4.79 Å². The molecule has 0 bridgehead atoms. The molecule has 0 radical (unpaired) electrons. The van der Waals surface area contributed by atoms with Crippen LogP contribution in [0.15, 0.2) is 16.9 Å². The van der Waals surface area contributed by atoms with E-state index in [1.165, 1.54) is 0 Å². The third kappa shape index (κ3) is 2.81. The second kappa shape index (κ2) is 5.93. The summed E-state index contributed by atoms with van der Waals surface area (Å²) < 4.78 is 11.0. The van der Waals surface area contributed by atoms with Crippen molar-refractivity contribution in [3.05, 3.63) is 28.3 Å². The Morgan fingerprint density at radius 2 is 1.84 bits per heavy atom. The molecule has 0 unspecified atom stereocenters. The third-order valence-corrected chi connectivity index (χ3v) is 2.80. The number of alkyl halides is 1. The fourth-order valence-corrected chi connectivity index (χ4v) is 1.92. The van der Waals surface area contributed by atoms with Crippen LogP contribution in [0.4, 0.5) is 0 Å². The number of rotatable bonds is 5. The number of aromatic amines is 1. The molecule has 1 N–H and O–H groups in total. The average Bonchev–Trinajstić information content (AvgIpc) is 2.40. The summed E-state index contributed by atoms with van der Waals surface area (Å²) >= 11 is 5.69. The molecule has 19 heavy (non-hydrogen) atoms.